The van der Waals surface area contributed by atoms with Crippen molar-refractivity contribution in [3.8, 4) is 0 Å². The van der Waals surface area contributed by atoms with E-state index in [9.17, 15) is 8.42 Å². The Morgan fingerprint density at radius 3 is 2.48 bits per heavy atom. The van der Waals surface area contributed by atoms with Gasteiger partial charge in [-0.2, -0.15) is 0 Å². The van der Waals surface area contributed by atoms with Gasteiger partial charge in [0, 0.05) is 14.1 Å². The van der Waals surface area contributed by atoms with E-state index in [0.717, 1.165) is 22.2 Å². The van der Waals surface area contributed by atoms with Crippen LogP contribution in [0.3, 0.4) is 0 Å². The maximum atomic E-state index is 12.8. The van der Waals surface area contributed by atoms with Gasteiger partial charge in [0.15, 0.2) is 0 Å². The van der Waals surface area contributed by atoms with Gasteiger partial charge >= 0.3 is 0 Å². The highest BCUT2D eigenvalue weighted by Gasteiger charge is 2.22. The Bertz CT molecular complexity index is 990. The van der Waals surface area contributed by atoms with Crippen LogP contribution >= 0.6 is 0 Å². The molecule has 0 aliphatic heterocycles. The van der Waals surface area contributed by atoms with Gasteiger partial charge in [-0.1, -0.05) is 6.07 Å². The molecule has 0 saturated heterocycles. The number of fused-ring (bicyclic) bond motifs is 1. The second-order valence-electron chi connectivity index (χ2n) is 5.75. The van der Waals surface area contributed by atoms with E-state index in [1.54, 1.807) is 37.6 Å². The summed E-state index contributed by atoms with van der Waals surface area (Å²) in [5, 5.41) is 0. The van der Waals surface area contributed by atoms with Crippen LogP contribution in [-0.2, 0) is 17.1 Å². The number of anilines is 1. The van der Waals surface area contributed by atoms with Gasteiger partial charge in [-0.05, 0) is 55.3 Å². The topological polar surface area (TPSA) is 55.2 Å². The standard InChI is InChI=1S/C17H19N3O2S/c1-12-5-7-15(9-13(12)2)23(21,22)20(4)14-6-8-17-16(10-14)18-11-19(17)3/h5-11H,1-4H3. The lowest BCUT2D eigenvalue weighted by molar-refractivity contribution is 0.594. The average molecular weight is 329 g/mol. The molecular weight excluding hydrogens is 310 g/mol. The Hall–Kier alpha value is -2.34. The zero-order chi connectivity index (χ0) is 16.8. The van der Waals surface area contributed by atoms with Gasteiger partial charge in [0.05, 0.1) is 27.9 Å². The molecule has 0 radical (unpaired) electrons. The van der Waals surface area contributed by atoms with E-state index in [4.69, 9.17) is 0 Å². The van der Waals surface area contributed by atoms with Crippen molar-refractivity contribution >= 4 is 26.7 Å². The molecule has 0 N–H and O–H groups in total. The fourth-order valence-electron chi connectivity index (χ4n) is 2.49. The van der Waals surface area contributed by atoms with Crippen molar-refractivity contribution < 1.29 is 8.42 Å². The van der Waals surface area contributed by atoms with Gasteiger partial charge < -0.3 is 4.57 Å². The molecule has 120 valence electrons. The molecule has 0 unspecified atom stereocenters. The van der Waals surface area contributed by atoms with Crippen LogP contribution < -0.4 is 4.31 Å². The second-order valence-corrected chi connectivity index (χ2v) is 7.72. The number of benzene rings is 2. The average Bonchev–Trinajstić information content (AvgIpc) is 2.90. The summed E-state index contributed by atoms with van der Waals surface area (Å²) in [7, 11) is -0.123. The third-order valence-electron chi connectivity index (χ3n) is 4.21. The highest BCUT2D eigenvalue weighted by atomic mass is 32.2. The van der Waals surface area contributed by atoms with Gasteiger partial charge in [0.25, 0.3) is 10.0 Å². The fourth-order valence-corrected chi connectivity index (χ4v) is 3.76. The molecule has 23 heavy (non-hydrogen) atoms. The van der Waals surface area contributed by atoms with Crippen molar-refractivity contribution in [3.63, 3.8) is 0 Å². The third-order valence-corrected chi connectivity index (χ3v) is 5.99. The minimum Gasteiger partial charge on any atom is -0.334 e. The van der Waals surface area contributed by atoms with Crippen molar-refractivity contribution in [1.82, 2.24) is 9.55 Å². The number of aryl methyl sites for hydroxylation is 3. The fraction of sp³-hybridized carbons (Fsp3) is 0.235. The molecule has 3 rings (SSSR count). The Labute approximate surface area is 136 Å². The SMILES string of the molecule is Cc1ccc(S(=O)(=O)N(C)c2ccc3c(c2)ncn3C)cc1C. The lowest BCUT2D eigenvalue weighted by Gasteiger charge is -2.20. The van der Waals surface area contributed by atoms with E-state index in [1.165, 1.54) is 4.31 Å². The zero-order valence-corrected chi connectivity index (χ0v) is 14.4. The Morgan fingerprint density at radius 2 is 1.78 bits per heavy atom. The maximum Gasteiger partial charge on any atom is 0.264 e. The summed E-state index contributed by atoms with van der Waals surface area (Å²) in [5.74, 6) is 0. The number of sulfonamides is 1. The molecule has 6 heteroatoms. The van der Waals surface area contributed by atoms with E-state index < -0.39 is 10.0 Å². The first kappa shape index (κ1) is 15.6. The van der Waals surface area contributed by atoms with E-state index in [2.05, 4.69) is 4.98 Å². The first-order chi connectivity index (χ1) is 10.8. The number of hydrogen-bond donors (Lipinski definition) is 0. The van der Waals surface area contributed by atoms with Gasteiger partial charge in [-0.25, -0.2) is 13.4 Å². The Balaban J connectivity index is 2.05. The summed E-state index contributed by atoms with van der Waals surface area (Å²) in [5.41, 5.74) is 4.36. The lowest BCUT2D eigenvalue weighted by atomic mass is 10.1. The molecule has 1 aromatic heterocycles. The molecule has 0 fully saturated rings. The molecule has 0 saturated carbocycles. The van der Waals surface area contributed by atoms with E-state index in [-0.39, 0.29) is 0 Å². The molecule has 3 aromatic rings. The summed E-state index contributed by atoms with van der Waals surface area (Å²) in [6.07, 6.45) is 1.71. The monoisotopic (exact) mass is 329 g/mol. The number of hydrogen-bond acceptors (Lipinski definition) is 3. The smallest absolute Gasteiger partial charge is 0.264 e. The molecule has 2 aromatic carbocycles. The van der Waals surface area contributed by atoms with Crippen LogP contribution in [0.1, 0.15) is 11.1 Å². The molecular formula is C17H19N3O2S. The van der Waals surface area contributed by atoms with E-state index >= 15 is 0 Å². The van der Waals surface area contributed by atoms with Crippen LogP contribution in [0.15, 0.2) is 47.6 Å². The van der Waals surface area contributed by atoms with Crippen LogP contribution in [0.5, 0.6) is 0 Å². The van der Waals surface area contributed by atoms with Crippen LogP contribution in [0.25, 0.3) is 11.0 Å². The molecule has 0 aliphatic rings. The molecule has 0 amide bonds. The first-order valence-electron chi connectivity index (χ1n) is 7.28. The van der Waals surface area contributed by atoms with Crippen molar-refractivity contribution in [1.29, 1.82) is 0 Å². The molecule has 0 aliphatic carbocycles. The molecule has 0 bridgehead atoms. The van der Waals surface area contributed by atoms with Crippen molar-refractivity contribution in [2.75, 3.05) is 11.4 Å². The number of imidazole rings is 1. The quantitative estimate of drug-likeness (QED) is 0.742. The van der Waals surface area contributed by atoms with Crippen LogP contribution in [0.2, 0.25) is 0 Å². The predicted octanol–water partition coefficient (Wildman–Crippen LogP) is 3.02. The highest BCUT2D eigenvalue weighted by Crippen LogP contribution is 2.26. The summed E-state index contributed by atoms with van der Waals surface area (Å²) in [6.45, 7) is 3.87. The van der Waals surface area contributed by atoms with E-state index in [0.29, 0.717) is 10.6 Å². The Kier molecular flexibility index (Phi) is 3.64. The van der Waals surface area contributed by atoms with Crippen molar-refractivity contribution in [2.45, 2.75) is 18.7 Å². The summed E-state index contributed by atoms with van der Waals surface area (Å²) in [6, 6.07) is 10.6. The van der Waals surface area contributed by atoms with E-state index in [1.807, 2.05) is 37.6 Å². The first-order valence-corrected chi connectivity index (χ1v) is 8.72. The van der Waals surface area contributed by atoms with Gasteiger partial charge in [0.2, 0.25) is 0 Å². The second kappa shape index (κ2) is 5.38. The molecule has 0 atom stereocenters. The normalized spacial score (nSPS) is 11.8. The lowest BCUT2D eigenvalue weighted by Crippen LogP contribution is -2.26. The number of aromatic nitrogens is 2. The summed E-state index contributed by atoms with van der Waals surface area (Å²) >= 11 is 0. The van der Waals surface area contributed by atoms with Gasteiger partial charge in [0.1, 0.15) is 0 Å². The predicted molar refractivity (Wildman–Crippen MR) is 92.2 cm³/mol. The van der Waals surface area contributed by atoms with Crippen LogP contribution in [0.4, 0.5) is 5.69 Å². The number of rotatable bonds is 3. The highest BCUT2D eigenvalue weighted by molar-refractivity contribution is 7.92. The minimum absolute atomic E-state index is 0.296. The van der Waals surface area contributed by atoms with Gasteiger partial charge in [-0.3, -0.25) is 4.31 Å². The maximum absolute atomic E-state index is 12.8. The van der Waals surface area contributed by atoms with Crippen molar-refractivity contribution in [2.24, 2.45) is 7.05 Å². The van der Waals surface area contributed by atoms with Crippen LogP contribution in [-0.4, -0.2) is 25.0 Å². The van der Waals surface area contributed by atoms with Gasteiger partial charge in [-0.15, -0.1) is 0 Å². The zero-order valence-electron chi connectivity index (χ0n) is 13.6. The number of nitrogens with zero attached hydrogens (tertiary/aromatic N) is 3. The molecule has 5 nitrogen and oxygen atoms in total. The minimum atomic E-state index is -3.59. The largest absolute Gasteiger partial charge is 0.334 e. The Morgan fingerprint density at radius 1 is 1.04 bits per heavy atom. The summed E-state index contributed by atoms with van der Waals surface area (Å²) in [4.78, 5) is 4.58. The molecule has 0 spiro atoms. The molecule has 1 heterocycles. The third kappa shape index (κ3) is 2.59. The van der Waals surface area contributed by atoms with Crippen LogP contribution in [0, 0.1) is 13.8 Å². The van der Waals surface area contributed by atoms with Crippen molar-refractivity contribution in [3.05, 3.63) is 53.9 Å². The summed E-state index contributed by atoms with van der Waals surface area (Å²) < 4.78 is 28.9.